The van der Waals surface area contributed by atoms with E-state index in [-0.39, 0.29) is 18.1 Å². The van der Waals surface area contributed by atoms with Crippen LogP contribution in [-0.2, 0) is 9.47 Å². The SMILES string of the molecule is CCOC(=O)c1cc(C)cc(N2CC[C@H](N)[C@H](OC)C2)c1. The molecule has 0 aromatic heterocycles. The van der Waals surface area contributed by atoms with Gasteiger partial charge < -0.3 is 20.1 Å². The summed E-state index contributed by atoms with van der Waals surface area (Å²) in [6, 6.07) is 5.88. The van der Waals surface area contributed by atoms with Gasteiger partial charge in [0.1, 0.15) is 0 Å². The van der Waals surface area contributed by atoms with Crippen LogP contribution < -0.4 is 10.6 Å². The minimum Gasteiger partial charge on any atom is -0.462 e. The molecule has 2 N–H and O–H groups in total. The van der Waals surface area contributed by atoms with Gasteiger partial charge in [0, 0.05) is 31.9 Å². The average molecular weight is 292 g/mol. The molecule has 5 nitrogen and oxygen atoms in total. The number of nitrogens with two attached hydrogens (primary N) is 1. The van der Waals surface area contributed by atoms with Gasteiger partial charge in [-0.05, 0) is 44.0 Å². The van der Waals surface area contributed by atoms with Crippen LogP contribution in [0.25, 0.3) is 0 Å². The number of hydrogen-bond acceptors (Lipinski definition) is 5. The molecule has 2 rings (SSSR count). The van der Waals surface area contributed by atoms with Gasteiger partial charge in [0.2, 0.25) is 0 Å². The number of ether oxygens (including phenoxy) is 2. The first-order valence-electron chi connectivity index (χ1n) is 7.37. The van der Waals surface area contributed by atoms with E-state index in [1.165, 1.54) is 0 Å². The third kappa shape index (κ3) is 3.74. The highest BCUT2D eigenvalue weighted by molar-refractivity contribution is 5.91. The van der Waals surface area contributed by atoms with Gasteiger partial charge in [0.15, 0.2) is 0 Å². The first-order chi connectivity index (χ1) is 10.0. The van der Waals surface area contributed by atoms with E-state index in [1.807, 2.05) is 26.0 Å². The summed E-state index contributed by atoms with van der Waals surface area (Å²) in [5.41, 5.74) is 8.71. The monoisotopic (exact) mass is 292 g/mol. The number of benzene rings is 1. The molecule has 116 valence electrons. The Morgan fingerprint density at radius 2 is 2.19 bits per heavy atom. The molecule has 0 spiro atoms. The minimum atomic E-state index is -0.278. The van der Waals surface area contributed by atoms with Crippen molar-refractivity contribution in [2.75, 3.05) is 31.7 Å². The summed E-state index contributed by atoms with van der Waals surface area (Å²) < 4.78 is 10.5. The zero-order chi connectivity index (χ0) is 15.4. The molecule has 1 aromatic rings. The number of nitrogens with zero attached hydrogens (tertiary/aromatic N) is 1. The molecule has 1 aliphatic heterocycles. The van der Waals surface area contributed by atoms with E-state index in [2.05, 4.69) is 11.0 Å². The van der Waals surface area contributed by atoms with Gasteiger partial charge in [-0.25, -0.2) is 4.79 Å². The van der Waals surface area contributed by atoms with Gasteiger partial charge in [-0.1, -0.05) is 0 Å². The van der Waals surface area contributed by atoms with Gasteiger partial charge in [0.25, 0.3) is 0 Å². The molecule has 2 atom stereocenters. The molecule has 21 heavy (non-hydrogen) atoms. The summed E-state index contributed by atoms with van der Waals surface area (Å²) in [5, 5.41) is 0. The standard InChI is InChI=1S/C16H24N2O3/c1-4-21-16(19)12-7-11(2)8-13(9-12)18-6-5-14(17)15(10-18)20-3/h7-9,14-15H,4-6,10,17H2,1-3H3/t14-,15+/m0/s1. The maximum Gasteiger partial charge on any atom is 0.338 e. The number of anilines is 1. The van der Waals surface area contributed by atoms with Gasteiger partial charge in [-0.2, -0.15) is 0 Å². The van der Waals surface area contributed by atoms with E-state index in [0.29, 0.717) is 12.2 Å². The zero-order valence-corrected chi connectivity index (χ0v) is 13.0. The second-order valence-electron chi connectivity index (χ2n) is 5.45. The smallest absolute Gasteiger partial charge is 0.338 e. The Kier molecular flexibility index (Phi) is 5.20. The van der Waals surface area contributed by atoms with Crippen molar-refractivity contribution in [3.05, 3.63) is 29.3 Å². The summed E-state index contributed by atoms with van der Waals surface area (Å²) in [6.45, 7) is 5.78. The van der Waals surface area contributed by atoms with Gasteiger partial charge in [-0.3, -0.25) is 0 Å². The Balaban J connectivity index is 2.21. The summed E-state index contributed by atoms with van der Waals surface area (Å²) in [4.78, 5) is 14.1. The topological polar surface area (TPSA) is 64.8 Å². The Morgan fingerprint density at radius 1 is 1.43 bits per heavy atom. The van der Waals surface area contributed by atoms with Crippen LogP contribution in [0.15, 0.2) is 18.2 Å². The van der Waals surface area contributed by atoms with Gasteiger partial charge in [-0.15, -0.1) is 0 Å². The largest absolute Gasteiger partial charge is 0.462 e. The number of hydrogen-bond donors (Lipinski definition) is 1. The maximum atomic E-state index is 11.9. The quantitative estimate of drug-likeness (QED) is 0.856. The molecule has 0 unspecified atom stereocenters. The lowest BCUT2D eigenvalue weighted by molar-refractivity contribution is 0.0526. The molecule has 5 heteroatoms. The molecule has 0 aliphatic carbocycles. The van der Waals surface area contributed by atoms with Crippen molar-refractivity contribution >= 4 is 11.7 Å². The summed E-state index contributed by atoms with van der Waals surface area (Å²) in [6.07, 6.45) is 0.895. The fourth-order valence-corrected chi connectivity index (χ4v) is 2.70. The maximum absolute atomic E-state index is 11.9. The number of carbonyl (C=O) groups excluding carboxylic acids is 1. The van der Waals surface area contributed by atoms with E-state index < -0.39 is 0 Å². The number of esters is 1. The summed E-state index contributed by atoms with van der Waals surface area (Å²) in [7, 11) is 1.69. The van der Waals surface area contributed by atoms with Crippen molar-refractivity contribution in [3.8, 4) is 0 Å². The number of rotatable bonds is 4. The van der Waals surface area contributed by atoms with Crippen LogP contribution in [0, 0.1) is 6.92 Å². The average Bonchev–Trinajstić information content (AvgIpc) is 2.47. The molecule has 1 aromatic carbocycles. The first kappa shape index (κ1) is 15.8. The lowest BCUT2D eigenvalue weighted by Gasteiger charge is -2.37. The number of aryl methyl sites for hydroxylation is 1. The lowest BCUT2D eigenvalue weighted by Crippen LogP contribution is -2.51. The van der Waals surface area contributed by atoms with Crippen LogP contribution in [0.4, 0.5) is 5.69 Å². The highest BCUT2D eigenvalue weighted by atomic mass is 16.5. The Labute approximate surface area is 126 Å². The van der Waals surface area contributed by atoms with E-state index in [9.17, 15) is 4.79 Å². The Bertz CT molecular complexity index is 504. The lowest BCUT2D eigenvalue weighted by atomic mass is 10.0. The normalized spacial score (nSPS) is 22.2. The second kappa shape index (κ2) is 6.91. The van der Waals surface area contributed by atoms with E-state index in [0.717, 1.165) is 30.8 Å². The van der Waals surface area contributed by atoms with Crippen molar-refractivity contribution in [2.24, 2.45) is 5.73 Å². The third-order valence-electron chi connectivity index (χ3n) is 3.85. The molecule has 0 bridgehead atoms. The van der Waals surface area contributed by atoms with E-state index in [1.54, 1.807) is 7.11 Å². The van der Waals surface area contributed by atoms with Crippen LogP contribution in [-0.4, -0.2) is 44.9 Å². The number of piperidine rings is 1. The van der Waals surface area contributed by atoms with Crippen LogP contribution in [0.3, 0.4) is 0 Å². The fourth-order valence-electron chi connectivity index (χ4n) is 2.70. The minimum absolute atomic E-state index is 0.0188. The van der Waals surface area contributed by atoms with E-state index in [4.69, 9.17) is 15.2 Å². The fraction of sp³-hybridized carbons (Fsp3) is 0.562. The molecule has 1 heterocycles. The number of carbonyl (C=O) groups is 1. The van der Waals surface area contributed by atoms with Gasteiger partial charge in [0.05, 0.1) is 18.3 Å². The highest BCUT2D eigenvalue weighted by Crippen LogP contribution is 2.24. The molecule has 1 fully saturated rings. The Morgan fingerprint density at radius 3 is 2.86 bits per heavy atom. The van der Waals surface area contributed by atoms with Crippen molar-refractivity contribution in [1.29, 1.82) is 0 Å². The molecule has 0 radical (unpaired) electrons. The molecule has 0 saturated carbocycles. The molecular formula is C16H24N2O3. The van der Waals surface area contributed by atoms with Crippen molar-refractivity contribution in [2.45, 2.75) is 32.4 Å². The number of methoxy groups -OCH3 is 1. The second-order valence-corrected chi connectivity index (χ2v) is 5.45. The van der Waals surface area contributed by atoms with Crippen LogP contribution in [0.2, 0.25) is 0 Å². The predicted octanol–water partition coefficient (Wildman–Crippen LogP) is 1.72. The molecule has 1 saturated heterocycles. The van der Waals surface area contributed by atoms with E-state index >= 15 is 0 Å². The van der Waals surface area contributed by atoms with Crippen molar-refractivity contribution in [1.82, 2.24) is 0 Å². The molecule has 1 aliphatic rings. The molecule has 0 amide bonds. The van der Waals surface area contributed by atoms with Gasteiger partial charge >= 0.3 is 5.97 Å². The predicted molar refractivity (Wildman–Crippen MR) is 82.7 cm³/mol. The third-order valence-corrected chi connectivity index (χ3v) is 3.85. The van der Waals surface area contributed by atoms with Crippen LogP contribution in [0.5, 0.6) is 0 Å². The first-order valence-corrected chi connectivity index (χ1v) is 7.37. The molecular weight excluding hydrogens is 268 g/mol. The zero-order valence-electron chi connectivity index (χ0n) is 13.0. The van der Waals surface area contributed by atoms with Crippen LogP contribution in [0.1, 0.15) is 29.3 Å². The summed E-state index contributed by atoms with van der Waals surface area (Å²) in [5.74, 6) is -0.278. The Hall–Kier alpha value is -1.59. The van der Waals surface area contributed by atoms with Crippen LogP contribution >= 0.6 is 0 Å². The highest BCUT2D eigenvalue weighted by Gasteiger charge is 2.27. The van der Waals surface area contributed by atoms with Crippen molar-refractivity contribution in [3.63, 3.8) is 0 Å². The van der Waals surface area contributed by atoms with Crippen molar-refractivity contribution < 1.29 is 14.3 Å². The summed E-state index contributed by atoms with van der Waals surface area (Å²) >= 11 is 0.